The van der Waals surface area contributed by atoms with Gasteiger partial charge in [-0.1, -0.05) is 42.3 Å². The molecule has 2 aromatic carbocycles. The highest BCUT2D eigenvalue weighted by molar-refractivity contribution is 6.51. The standard InChI is InChI=1S/C26H24BN4O/c1-27-24-10-6-20(7-11-24)5-8-22-18-23(9-12-25(22)31-17-3-15-30-31)26(32)29-14-2-4-21-13-16-28-19-21/h3,6-7,9-13,15,17-19H,2,4,14,16H2,1H3,(H,29,32). The van der Waals surface area contributed by atoms with E-state index in [1.807, 2.05) is 75.0 Å². The molecule has 5 nitrogen and oxygen atoms in total. The van der Waals surface area contributed by atoms with Crippen LogP contribution in [0.5, 0.6) is 0 Å². The minimum Gasteiger partial charge on any atom is -0.352 e. The van der Waals surface area contributed by atoms with Crippen LogP contribution in [-0.2, 0) is 0 Å². The van der Waals surface area contributed by atoms with Gasteiger partial charge in [0.05, 0.1) is 17.8 Å². The molecule has 1 N–H and O–H groups in total. The fraction of sp³-hybridized carbons (Fsp3) is 0.192. The summed E-state index contributed by atoms with van der Waals surface area (Å²) >= 11 is 0. The van der Waals surface area contributed by atoms with Crippen LogP contribution in [-0.4, -0.2) is 42.3 Å². The van der Waals surface area contributed by atoms with Gasteiger partial charge in [-0.25, -0.2) is 4.68 Å². The summed E-state index contributed by atoms with van der Waals surface area (Å²) in [6, 6.07) is 15.5. The molecular formula is C26H24BN4O. The number of carbonyl (C=O) groups excluding carboxylic acids is 1. The minimum absolute atomic E-state index is 0.100. The van der Waals surface area contributed by atoms with Crippen LogP contribution in [0.4, 0.5) is 0 Å². The maximum Gasteiger partial charge on any atom is 0.251 e. The monoisotopic (exact) mass is 419 g/mol. The molecule has 0 fully saturated rings. The third kappa shape index (κ3) is 5.44. The molecule has 0 saturated heterocycles. The highest BCUT2D eigenvalue weighted by Gasteiger charge is 2.10. The Morgan fingerprint density at radius 2 is 2.06 bits per heavy atom. The van der Waals surface area contributed by atoms with Crippen molar-refractivity contribution in [1.82, 2.24) is 15.1 Å². The first-order valence-corrected chi connectivity index (χ1v) is 10.8. The van der Waals surface area contributed by atoms with Gasteiger partial charge in [0.25, 0.3) is 5.91 Å². The minimum atomic E-state index is -0.100. The van der Waals surface area contributed by atoms with Crippen LogP contribution in [0, 0.1) is 11.8 Å². The summed E-state index contributed by atoms with van der Waals surface area (Å²) in [5, 5.41) is 7.33. The number of hydrogen-bond acceptors (Lipinski definition) is 3. The van der Waals surface area contributed by atoms with Crippen molar-refractivity contribution in [3.8, 4) is 17.5 Å². The van der Waals surface area contributed by atoms with Crippen molar-refractivity contribution in [1.29, 1.82) is 0 Å². The molecule has 0 spiro atoms. The first kappa shape index (κ1) is 21.4. The normalized spacial score (nSPS) is 12.1. The fourth-order valence-electron chi connectivity index (χ4n) is 3.44. The lowest BCUT2D eigenvalue weighted by Gasteiger charge is -2.09. The second-order valence-corrected chi connectivity index (χ2v) is 7.48. The maximum absolute atomic E-state index is 12.7. The molecule has 0 bridgehead atoms. The molecule has 1 radical (unpaired) electrons. The molecule has 157 valence electrons. The van der Waals surface area contributed by atoms with Crippen LogP contribution in [0.1, 0.15) is 34.3 Å². The van der Waals surface area contributed by atoms with Gasteiger partial charge in [-0.3, -0.25) is 9.79 Å². The van der Waals surface area contributed by atoms with E-state index in [1.54, 1.807) is 10.9 Å². The molecule has 1 aromatic heterocycles. The second-order valence-electron chi connectivity index (χ2n) is 7.48. The van der Waals surface area contributed by atoms with Crippen molar-refractivity contribution >= 4 is 24.9 Å². The number of nitrogens with one attached hydrogen (secondary N) is 1. The second kappa shape index (κ2) is 10.5. The Kier molecular flexibility index (Phi) is 6.99. The molecule has 3 aromatic rings. The largest absolute Gasteiger partial charge is 0.352 e. The van der Waals surface area contributed by atoms with Gasteiger partial charge < -0.3 is 5.32 Å². The topological polar surface area (TPSA) is 59.3 Å². The number of hydrogen-bond donors (Lipinski definition) is 1. The summed E-state index contributed by atoms with van der Waals surface area (Å²) in [4.78, 5) is 16.9. The van der Waals surface area contributed by atoms with E-state index < -0.39 is 0 Å². The zero-order chi connectivity index (χ0) is 22.2. The van der Waals surface area contributed by atoms with Crippen LogP contribution in [0.3, 0.4) is 0 Å². The molecule has 32 heavy (non-hydrogen) atoms. The number of rotatable bonds is 7. The molecule has 4 rings (SSSR count). The SMILES string of the molecule is C[B]c1ccc(C#Cc2cc(C(=O)NCCCC3=CCN=C3)ccc2-n2cccn2)cc1. The van der Waals surface area contributed by atoms with Gasteiger partial charge in [0.1, 0.15) is 7.28 Å². The summed E-state index contributed by atoms with van der Waals surface area (Å²) in [6.45, 7) is 3.40. The van der Waals surface area contributed by atoms with E-state index in [1.165, 1.54) is 5.57 Å². The molecule has 1 aliphatic rings. The summed E-state index contributed by atoms with van der Waals surface area (Å²) in [5.74, 6) is 6.34. The average molecular weight is 419 g/mol. The Morgan fingerprint density at radius 3 is 2.78 bits per heavy atom. The van der Waals surface area contributed by atoms with Gasteiger partial charge >= 0.3 is 0 Å². The van der Waals surface area contributed by atoms with Gasteiger partial charge in [0.2, 0.25) is 0 Å². The van der Waals surface area contributed by atoms with E-state index in [4.69, 9.17) is 0 Å². The number of benzene rings is 2. The molecule has 1 amide bonds. The molecule has 0 unspecified atom stereocenters. The van der Waals surface area contributed by atoms with E-state index in [9.17, 15) is 4.79 Å². The molecule has 6 heteroatoms. The van der Waals surface area contributed by atoms with E-state index in [-0.39, 0.29) is 5.91 Å². The quantitative estimate of drug-likeness (QED) is 0.363. The Balaban J connectivity index is 1.51. The Hall–Kier alpha value is -3.85. The lowest BCUT2D eigenvalue weighted by Crippen LogP contribution is -2.24. The van der Waals surface area contributed by atoms with Crippen molar-refractivity contribution in [3.63, 3.8) is 0 Å². The van der Waals surface area contributed by atoms with E-state index in [2.05, 4.69) is 33.3 Å². The summed E-state index contributed by atoms with van der Waals surface area (Å²) < 4.78 is 1.76. The fourth-order valence-corrected chi connectivity index (χ4v) is 3.44. The van der Waals surface area contributed by atoms with Crippen molar-refractivity contribution in [2.45, 2.75) is 19.7 Å². The summed E-state index contributed by atoms with van der Waals surface area (Å²) in [6.07, 6.45) is 9.43. The molecular weight excluding hydrogens is 395 g/mol. The third-order valence-corrected chi connectivity index (χ3v) is 5.24. The van der Waals surface area contributed by atoms with Crippen LogP contribution in [0.25, 0.3) is 5.69 Å². The lowest BCUT2D eigenvalue weighted by atomic mass is 9.73. The number of aliphatic imine (C=N–C) groups is 1. The predicted molar refractivity (Wildman–Crippen MR) is 130 cm³/mol. The van der Waals surface area contributed by atoms with E-state index in [0.717, 1.165) is 41.7 Å². The smallest absolute Gasteiger partial charge is 0.251 e. The molecule has 2 heterocycles. The Bertz CT molecular complexity index is 1200. The zero-order valence-electron chi connectivity index (χ0n) is 18.1. The number of aromatic nitrogens is 2. The highest BCUT2D eigenvalue weighted by atomic mass is 16.1. The molecule has 0 aliphatic carbocycles. The summed E-state index contributed by atoms with van der Waals surface area (Å²) in [7, 11) is 2.05. The predicted octanol–water partition coefficient (Wildman–Crippen LogP) is 3.17. The maximum atomic E-state index is 12.7. The van der Waals surface area contributed by atoms with Crippen LogP contribution >= 0.6 is 0 Å². The highest BCUT2D eigenvalue weighted by Crippen LogP contribution is 2.16. The van der Waals surface area contributed by atoms with Crippen LogP contribution in [0.2, 0.25) is 6.82 Å². The molecule has 1 aliphatic heterocycles. The van der Waals surface area contributed by atoms with E-state index in [0.29, 0.717) is 12.1 Å². The van der Waals surface area contributed by atoms with Crippen molar-refractivity contribution in [2.24, 2.45) is 4.99 Å². The van der Waals surface area contributed by atoms with Crippen molar-refractivity contribution in [3.05, 3.63) is 89.3 Å². The van der Waals surface area contributed by atoms with Gasteiger partial charge in [-0.15, -0.1) is 0 Å². The third-order valence-electron chi connectivity index (χ3n) is 5.24. The lowest BCUT2D eigenvalue weighted by molar-refractivity contribution is 0.0953. The van der Waals surface area contributed by atoms with Gasteiger partial charge in [0.15, 0.2) is 0 Å². The van der Waals surface area contributed by atoms with Crippen molar-refractivity contribution in [2.75, 3.05) is 13.1 Å². The average Bonchev–Trinajstić information content (AvgIpc) is 3.55. The first-order valence-electron chi connectivity index (χ1n) is 10.8. The van der Waals surface area contributed by atoms with Gasteiger partial charge in [-0.2, -0.15) is 5.10 Å². The van der Waals surface area contributed by atoms with Gasteiger partial charge in [0, 0.05) is 36.3 Å². The zero-order valence-corrected chi connectivity index (χ0v) is 18.1. The Labute approximate surface area is 189 Å². The number of carbonyl (C=O) groups is 1. The summed E-state index contributed by atoms with van der Waals surface area (Å²) in [5.41, 5.74) is 5.49. The molecule has 0 saturated carbocycles. The number of allylic oxidation sites excluding steroid dienone is 1. The van der Waals surface area contributed by atoms with Crippen LogP contribution in [0.15, 0.2) is 77.6 Å². The van der Waals surface area contributed by atoms with Crippen molar-refractivity contribution < 1.29 is 4.79 Å². The number of amides is 1. The first-order chi connectivity index (χ1) is 15.7. The number of nitrogens with zero attached hydrogens (tertiary/aromatic N) is 3. The van der Waals surface area contributed by atoms with Crippen LogP contribution < -0.4 is 10.8 Å². The Morgan fingerprint density at radius 1 is 1.19 bits per heavy atom. The van der Waals surface area contributed by atoms with E-state index >= 15 is 0 Å². The van der Waals surface area contributed by atoms with Gasteiger partial charge in [-0.05, 0) is 54.8 Å². The molecule has 0 atom stereocenters.